The summed E-state index contributed by atoms with van der Waals surface area (Å²) in [6.45, 7) is 21.8. The predicted molar refractivity (Wildman–Crippen MR) is 455 cm³/mol. The number of hydrogen-bond acceptors (Lipinski definition) is 12. The number of carbonyl (C=O) groups excluding carboxylic acids is 2. The number of carbonyl (C=O) groups is 2. The van der Waals surface area contributed by atoms with Gasteiger partial charge >= 0.3 is 15.2 Å². The average molecular weight is 1500 g/mol. The van der Waals surface area contributed by atoms with Gasteiger partial charge in [-0.3, -0.25) is 18.7 Å². The number of hydrogen-bond donors (Lipinski definition) is 0. The van der Waals surface area contributed by atoms with E-state index in [0.29, 0.717) is 37.6 Å². The minimum absolute atomic E-state index is 0.0777. The molecule has 0 atom stereocenters. The molecule has 0 saturated heterocycles. The molecule has 14 heteroatoms. The van der Waals surface area contributed by atoms with Gasteiger partial charge in [0.2, 0.25) is 0 Å². The highest BCUT2D eigenvalue weighted by Crippen LogP contribution is 2.57. The van der Waals surface area contributed by atoms with Crippen molar-refractivity contribution in [3.05, 3.63) is 341 Å². The summed E-state index contributed by atoms with van der Waals surface area (Å²) in [6.07, 6.45) is 15.3. The molecule has 0 amide bonds. The summed E-state index contributed by atoms with van der Waals surface area (Å²) >= 11 is 3.27. The lowest BCUT2D eigenvalue weighted by Crippen LogP contribution is -2.16. The van der Waals surface area contributed by atoms with E-state index < -0.39 is 15.2 Å². The molecule has 2 aromatic heterocycles. The molecule has 0 bridgehead atoms. The first-order chi connectivity index (χ1) is 52.3. The van der Waals surface area contributed by atoms with Gasteiger partial charge in [0.05, 0.1) is 38.8 Å². The molecule has 12 aromatic rings. The highest BCUT2D eigenvalue weighted by Gasteiger charge is 2.38. The molecule has 548 valence electrons. The Labute approximate surface area is 645 Å². The minimum atomic E-state index is -3.15. The Kier molecular flexibility index (Phi) is 25.1. The maximum absolute atomic E-state index is 12.7. The lowest BCUT2D eigenvalue weighted by molar-refractivity contribution is 0.111. The van der Waals surface area contributed by atoms with E-state index in [1.165, 1.54) is 93.4 Å². The van der Waals surface area contributed by atoms with Gasteiger partial charge < -0.3 is 27.9 Å². The Morgan fingerprint density at radius 3 is 1.09 bits per heavy atom. The van der Waals surface area contributed by atoms with Crippen molar-refractivity contribution in [3.8, 4) is 22.3 Å². The van der Waals surface area contributed by atoms with Crippen LogP contribution in [0.15, 0.2) is 255 Å². The summed E-state index contributed by atoms with van der Waals surface area (Å²) in [5.41, 5.74) is 25.0. The Hall–Kier alpha value is -9.94. The maximum Gasteiger partial charge on any atom is 0.335 e. The first-order valence-electron chi connectivity index (χ1n) is 36.7. The van der Waals surface area contributed by atoms with E-state index in [1.807, 2.05) is 78.9 Å². The smallest absolute Gasteiger partial charge is 0.310 e. The molecule has 0 unspecified atom stereocenters. The number of thiophene rings is 2. The lowest BCUT2D eigenvalue weighted by Gasteiger charge is -2.28. The van der Waals surface area contributed by atoms with Crippen molar-refractivity contribution in [1.29, 1.82) is 0 Å². The summed E-state index contributed by atoms with van der Waals surface area (Å²) in [5, 5.41) is 0. The molecule has 2 aliphatic rings. The van der Waals surface area contributed by atoms with Gasteiger partial charge in [-0.25, -0.2) is 0 Å². The summed E-state index contributed by atoms with van der Waals surface area (Å²) in [7, 11) is -6.30. The zero-order valence-electron chi connectivity index (χ0n) is 63.0. The quantitative estimate of drug-likeness (QED) is 0.0295. The molecule has 0 fully saturated rings. The van der Waals surface area contributed by atoms with E-state index in [4.69, 9.17) is 18.1 Å². The van der Waals surface area contributed by atoms with Crippen LogP contribution in [-0.4, -0.2) is 39.0 Å². The molecule has 10 aromatic carbocycles. The lowest BCUT2D eigenvalue weighted by atomic mass is 9.82. The molecule has 2 heterocycles. The van der Waals surface area contributed by atoms with E-state index in [-0.39, 0.29) is 23.2 Å². The van der Waals surface area contributed by atoms with Crippen LogP contribution in [0.25, 0.3) is 58.7 Å². The second kappa shape index (κ2) is 35.0. The predicted octanol–water partition coefficient (Wildman–Crippen LogP) is 27.0. The molecule has 2 aliphatic carbocycles. The van der Waals surface area contributed by atoms with Gasteiger partial charge in [-0.15, -0.1) is 22.7 Å². The van der Waals surface area contributed by atoms with Gasteiger partial charge in [0.25, 0.3) is 0 Å². The van der Waals surface area contributed by atoms with Crippen LogP contribution in [-0.2, 0) is 50.4 Å². The normalized spacial score (nSPS) is 13.1. The standard InChI is InChI=1S/C50H41NS.C29H23NO2.C15H28O6P2S/c1-36-34-44(52-49(36)33-25-38-14-8-5-9-15-38)31-24-40-22-28-42(29-23-40)51(41-26-20-39(21-27-41)19-18-37-12-6-4-7-13-37)43-30-32-46-45-16-10-11-17-47(45)50(2,3)48(46)35-43;1-29(2)27-6-4-3-5-25(27)26-16-15-24(17-28(26)29)30(22-11-7-20(18-31)8-12-22)23-13-9-21(19-32)10-14-23;1-6-18-22(16,19-7-2)11-14-10-13(5)15(24-14)12-23(17,20-8-3)21-9-4/h4-35H,1-3H3;3-19H,1-2H3;10H,6-9,11-12H2,1-5H3. The fourth-order valence-corrected chi connectivity index (χ4v) is 20.5. The van der Waals surface area contributed by atoms with Crippen molar-refractivity contribution in [1.82, 2.24) is 0 Å². The van der Waals surface area contributed by atoms with Crippen LogP contribution in [0.2, 0.25) is 0 Å². The molecular weight excluding hydrogens is 1410 g/mol. The highest BCUT2D eigenvalue weighted by molar-refractivity contribution is 7.54. The van der Waals surface area contributed by atoms with Gasteiger partial charge in [-0.1, -0.05) is 198 Å². The van der Waals surface area contributed by atoms with Crippen molar-refractivity contribution in [3.63, 3.8) is 0 Å². The van der Waals surface area contributed by atoms with Crippen LogP contribution in [0.4, 0.5) is 34.1 Å². The monoisotopic (exact) mass is 1500 g/mol. The molecule has 10 nitrogen and oxygen atoms in total. The summed E-state index contributed by atoms with van der Waals surface area (Å²) in [4.78, 5) is 31.2. The molecule has 0 spiro atoms. The first-order valence-corrected chi connectivity index (χ1v) is 41.8. The van der Waals surface area contributed by atoms with Crippen LogP contribution in [0.5, 0.6) is 0 Å². The Morgan fingerprint density at radius 1 is 0.343 bits per heavy atom. The van der Waals surface area contributed by atoms with E-state index in [0.717, 1.165) is 62.0 Å². The van der Waals surface area contributed by atoms with Crippen molar-refractivity contribution in [2.75, 3.05) is 36.2 Å². The van der Waals surface area contributed by atoms with Crippen molar-refractivity contribution < 1.29 is 36.8 Å². The Balaban J connectivity index is 0.000000166. The third-order valence-electron chi connectivity index (χ3n) is 19.5. The van der Waals surface area contributed by atoms with Crippen LogP contribution in [0.3, 0.4) is 0 Å². The van der Waals surface area contributed by atoms with Crippen molar-refractivity contribution in [2.24, 2.45) is 0 Å². The van der Waals surface area contributed by atoms with E-state index in [9.17, 15) is 18.7 Å². The van der Waals surface area contributed by atoms with Gasteiger partial charge in [-0.05, 0) is 241 Å². The Morgan fingerprint density at radius 2 is 0.685 bits per heavy atom. The van der Waals surface area contributed by atoms with Gasteiger partial charge in [-0.2, -0.15) is 0 Å². The van der Waals surface area contributed by atoms with Crippen molar-refractivity contribution >= 4 is 121 Å². The highest BCUT2D eigenvalue weighted by atomic mass is 32.1. The van der Waals surface area contributed by atoms with Crippen LogP contribution in [0.1, 0.15) is 151 Å². The van der Waals surface area contributed by atoms with Gasteiger partial charge in [0.1, 0.15) is 12.6 Å². The van der Waals surface area contributed by atoms with E-state index in [1.54, 1.807) is 27.7 Å². The minimum Gasteiger partial charge on any atom is -0.310 e. The van der Waals surface area contributed by atoms with E-state index >= 15 is 0 Å². The van der Waals surface area contributed by atoms with Crippen molar-refractivity contribution in [2.45, 2.75) is 92.4 Å². The molecule has 0 saturated carbocycles. The third kappa shape index (κ3) is 18.1. The fraction of sp³-hybridized carbons (Fsp3) is 0.191. The SMILES string of the molecule is CC1(C)c2ccccc2-c2ccc(N(c3ccc(C=O)cc3)c3ccc(C=O)cc3)cc21.CCOP(=O)(Cc1cc(C)c(CP(=O)(OCC)OCC)s1)OCC.Cc1cc(C=Cc2ccc(N(c3ccc(C=Cc4ccccc4)cc3)c3ccc4c(c3)C(C)(C)c3ccccc3-4)cc2)sc1C=Cc1ccccc1. The molecule has 0 radical (unpaired) electrons. The second-order valence-electron chi connectivity index (χ2n) is 27.6. The first kappa shape index (κ1) is 77.7. The third-order valence-corrected chi connectivity index (χ3v) is 26.4. The number of aryl methyl sites for hydroxylation is 2. The number of aldehydes is 2. The summed E-state index contributed by atoms with van der Waals surface area (Å²) < 4.78 is 46.7. The number of nitrogens with zero attached hydrogens (tertiary/aromatic N) is 2. The molecule has 14 rings (SSSR count). The van der Waals surface area contributed by atoms with Crippen LogP contribution in [0, 0.1) is 13.8 Å². The van der Waals surface area contributed by atoms with Crippen LogP contribution >= 0.6 is 37.9 Å². The van der Waals surface area contributed by atoms with Gasteiger partial charge in [0.15, 0.2) is 0 Å². The molecule has 108 heavy (non-hydrogen) atoms. The second-order valence-corrected chi connectivity index (χ2v) is 34.1. The number of benzene rings is 10. The average Bonchev–Trinajstić information content (AvgIpc) is 1.58. The Bertz CT molecular complexity index is 5220. The maximum atomic E-state index is 12.7. The van der Waals surface area contributed by atoms with Gasteiger partial charge in [0, 0.05) is 75.6 Å². The zero-order valence-corrected chi connectivity index (χ0v) is 66.4. The van der Waals surface area contributed by atoms with Crippen LogP contribution < -0.4 is 9.80 Å². The largest absolute Gasteiger partial charge is 0.335 e. The number of anilines is 6. The fourth-order valence-electron chi connectivity index (χ4n) is 14.1. The van der Waals surface area contributed by atoms with E-state index in [2.05, 4.69) is 275 Å². The number of rotatable bonds is 26. The topological polar surface area (TPSA) is 112 Å². The molecular formula is C94H92N2O8P2S2. The molecule has 0 aliphatic heterocycles. The summed E-state index contributed by atoms with van der Waals surface area (Å²) in [5.74, 6) is 0. The molecule has 0 N–H and O–H groups in total. The zero-order chi connectivity index (χ0) is 76.0. The number of fused-ring (bicyclic) bond motifs is 6. The summed E-state index contributed by atoms with van der Waals surface area (Å²) in [6, 6.07) is 89.0.